The van der Waals surface area contributed by atoms with Crippen molar-refractivity contribution < 1.29 is 4.74 Å². The van der Waals surface area contributed by atoms with Crippen molar-refractivity contribution in [3.63, 3.8) is 0 Å². The molecule has 16 heavy (non-hydrogen) atoms. The summed E-state index contributed by atoms with van der Waals surface area (Å²) in [7, 11) is 0. The summed E-state index contributed by atoms with van der Waals surface area (Å²) in [5.74, 6) is 0.926. The number of piperazine rings is 1. The summed E-state index contributed by atoms with van der Waals surface area (Å²) >= 11 is 4.16. The third-order valence-electron chi connectivity index (χ3n) is 3.00. The number of nitrogens with zero attached hydrogens (tertiary/aromatic N) is 2. The van der Waals surface area contributed by atoms with Crippen LogP contribution in [0, 0.1) is 0 Å². The molecule has 0 bridgehead atoms. The fourth-order valence-electron chi connectivity index (χ4n) is 2.02. The van der Waals surface area contributed by atoms with E-state index in [1.807, 2.05) is 0 Å². The van der Waals surface area contributed by atoms with Crippen molar-refractivity contribution in [1.29, 1.82) is 0 Å². The number of hydrogen-bond acceptors (Lipinski definition) is 4. The van der Waals surface area contributed by atoms with Gasteiger partial charge in [-0.1, -0.05) is 6.92 Å². The quantitative estimate of drug-likeness (QED) is 0.514. The Morgan fingerprint density at radius 3 is 2.19 bits per heavy atom. The molecule has 1 aliphatic rings. The van der Waals surface area contributed by atoms with Crippen molar-refractivity contribution in [3.05, 3.63) is 0 Å². The van der Waals surface area contributed by atoms with Crippen LogP contribution in [0.1, 0.15) is 19.8 Å². The Hall–Kier alpha value is 0.230. The first-order valence-electron chi connectivity index (χ1n) is 6.50. The molecule has 4 heteroatoms. The second-order valence-electron chi connectivity index (χ2n) is 4.37. The number of hydrogen-bond donors (Lipinski definition) is 1. The lowest BCUT2D eigenvalue weighted by Crippen LogP contribution is -2.47. The van der Waals surface area contributed by atoms with E-state index in [-0.39, 0.29) is 0 Å². The number of thiol groups is 1. The Bertz CT molecular complexity index is 161. The Morgan fingerprint density at radius 2 is 1.62 bits per heavy atom. The molecule has 0 unspecified atom stereocenters. The van der Waals surface area contributed by atoms with Crippen molar-refractivity contribution in [1.82, 2.24) is 9.80 Å². The van der Waals surface area contributed by atoms with Crippen molar-refractivity contribution in [2.75, 3.05) is 58.2 Å². The molecule has 0 aliphatic carbocycles. The average Bonchev–Trinajstić information content (AvgIpc) is 2.31. The minimum atomic E-state index is 0.860. The molecule has 0 saturated carbocycles. The summed E-state index contributed by atoms with van der Waals surface area (Å²) in [4.78, 5) is 5.06. The van der Waals surface area contributed by atoms with Gasteiger partial charge in [0.1, 0.15) is 0 Å². The fourth-order valence-corrected chi connectivity index (χ4v) is 2.14. The molecule has 0 amide bonds. The van der Waals surface area contributed by atoms with E-state index in [1.165, 1.54) is 39.1 Å². The van der Waals surface area contributed by atoms with Crippen LogP contribution in [-0.2, 0) is 4.74 Å². The Labute approximate surface area is 106 Å². The topological polar surface area (TPSA) is 15.7 Å². The fraction of sp³-hybridized carbons (Fsp3) is 1.00. The normalized spacial score (nSPS) is 19.1. The Kier molecular flexibility index (Phi) is 8.29. The van der Waals surface area contributed by atoms with Crippen LogP contribution in [0.5, 0.6) is 0 Å². The minimum Gasteiger partial charge on any atom is -0.380 e. The molecule has 0 aromatic rings. The Morgan fingerprint density at radius 1 is 1.00 bits per heavy atom. The highest BCUT2D eigenvalue weighted by molar-refractivity contribution is 7.80. The zero-order valence-electron chi connectivity index (χ0n) is 10.5. The largest absolute Gasteiger partial charge is 0.380 e. The monoisotopic (exact) mass is 246 g/mol. The van der Waals surface area contributed by atoms with Gasteiger partial charge in [-0.25, -0.2) is 0 Å². The van der Waals surface area contributed by atoms with Crippen molar-refractivity contribution in [3.8, 4) is 0 Å². The SMILES string of the molecule is CCCN1CCN(CCOCCCS)CC1. The highest BCUT2D eigenvalue weighted by Crippen LogP contribution is 2.02. The van der Waals surface area contributed by atoms with Gasteiger partial charge in [-0.3, -0.25) is 4.90 Å². The van der Waals surface area contributed by atoms with Gasteiger partial charge in [-0.2, -0.15) is 12.6 Å². The molecule has 1 saturated heterocycles. The summed E-state index contributed by atoms with van der Waals surface area (Å²) in [5, 5.41) is 0. The van der Waals surface area contributed by atoms with E-state index >= 15 is 0 Å². The van der Waals surface area contributed by atoms with Gasteiger partial charge in [0.15, 0.2) is 0 Å². The first-order chi connectivity index (χ1) is 7.86. The van der Waals surface area contributed by atoms with E-state index < -0.39 is 0 Å². The third-order valence-corrected chi connectivity index (χ3v) is 3.32. The summed E-state index contributed by atoms with van der Waals surface area (Å²) in [5.41, 5.74) is 0. The number of ether oxygens (including phenoxy) is 1. The summed E-state index contributed by atoms with van der Waals surface area (Å²) in [6.07, 6.45) is 2.33. The van der Waals surface area contributed by atoms with Crippen molar-refractivity contribution >= 4 is 12.6 Å². The molecule has 0 radical (unpaired) electrons. The zero-order valence-corrected chi connectivity index (χ0v) is 11.4. The molecule has 1 rings (SSSR count). The van der Waals surface area contributed by atoms with Crippen molar-refractivity contribution in [2.45, 2.75) is 19.8 Å². The first kappa shape index (κ1) is 14.3. The zero-order chi connectivity index (χ0) is 11.6. The first-order valence-corrected chi connectivity index (χ1v) is 7.13. The highest BCUT2D eigenvalue weighted by atomic mass is 32.1. The molecule has 0 N–H and O–H groups in total. The third kappa shape index (κ3) is 6.09. The van der Waals surface area contributed by atoms with Crippen LogP contribution in [0.4, 0.5) is 0 Å². The van der Waals surface area contributed by atoms with E-state index in [0.29, 0.717) is 0 Å². The van der Waals surface area contributed by atoms with Gasteiger partial charge >= 0.3 is 0 Å². The van der Waals surface area contributed by atoms with E-state index in [2.05, 4.69) is 29.4 Å². The minimum absolute atomic E-state index is 0.860. The van der Waals surface area contributed by atoms with Gasteiger partial charge in [0, 0.05) is 39.3 Å². The van der Waals surface area contributed by atoms with Crippen LogP contribution < -0.4 is 0 Å². The lowest BCUT2D eigenvalue weighted by Gasteiger charge is -2.34. The summed E-state index contributed by atoms with van der Waals surface area (Å²) in [6, 6.07) is 0. The molecule has 0 aromatic heterocycles. The maximum atomic E-state index is 5.55. The Balaban J connectivity index is 1.95. The van der Waals surface area contributed by atoms with Crippen LogP contribution in [-0.4, -0.2) is 68.0 Å². The molecule has 0 aromatic carbocycles. The predicted octanol–water partition coefficient (Wildman–Crippen LogP) is 1.35. The molecular formula is C12H26N2OS. The van der Waals surface area contributed by atoms with E-state index in [9.17, 15) is 0 Å². The van der Waals surface area contributed by atoms with E-state index in [0.717, 1.165) is 31.9 Å². The molecule has 1 heterocycles. The van der Waals surface area contributed by atoms with Gasteiger partial charge in [0.05, 0.1) is 6.61 Å². The van der Waals surface area contributed by atoms with Crippen LogP contribution in [0.25, 0.3) is 0 Å². The molecule has 3 nitrogen and oxygen atoms in total. The highest BCUT2D eigenvalue weighted by Gasteiger charge is 2.15. The molecule has 0 atom stereocenters. The van der Waals surface area contributed by atoms with Gasteiger partial charge in [-0.05, 0) is 25.1 Å². The van der Waals surface area contributed by atoms with Gasteiger partial charge < -0.3 is 9.64 Å². The van der Waals surface area contributed by atoms with Gasteiger partial charge in [0.25, 0.3) is 0 Å². The smallest absolute Gasteiger partial charge is 0.0593 e. The van der Waals surface area contributed by atoms with Crippen molar-refractivity contribution in [2.24, 2.45) is 0 Å². The maximum Gasteiger partial charge on any atom is 0.0593 e. The average molecular weight is 246 g/mol. The van der Waals surface area contributed by atoms with Gasteiger partial charge in [0.2, 0.25) is 0 Å². The second-order valence-corrected chi connectivity index (χ2v) is 4.82. The second kappa shape index (κ2) is 9.28. The van der Waals surface area contributed by atoms with Crippen LogP contribution in [0.2, 0.25) is 0 Å². The standard InChI is InChI=1S/C12H26N2OS/c1-2-4-13-5-7-14(8-6-13)9-11-15-10-3-12-16/h16H,2-12H2,1H3. The lowest BCUT2D eigenvalue weighted by atomic mass is 10.3. The predicted molar refractivity (Wildman–Crippen MR) is 72.5 cm³/mol. The molecule has 0 spiro atoms. The van der Waals surface area contributed by atoms with Crippen LogP contribution in [0.3, 0.4) is 0 Å². The summed E-state index contributed by atoms with van der Waals surface area (Å²) in [6.45, 7) is 11.2. The molecule has 1 aliphatic heterocycles. The summed E-state index contributed by atoms with van der Waals surface area (Å²) < 4.78 is 5.55. The maximum absolute atomic E-state index is 5.55. The van der Waals surface area contributed by atoms with Crippen LogP contribution in [0.15, 0.2) is 0 Å². The van der Waals surface area contributed by atoms with Gasteiger partial charge in [-0.15, -0.1) is 0 Å². The van der Waals surface area contributed by atoms with E-state index in [4.69, 9.17) is 4.74 Å². The molecular weight excluding hydrogens is 220 g/mol. The van der Waals surface area contributed by atoms with E-state index in [1.54, 1.807) is 0 Å². The van der Waals surface area contributed by atoms with Crippen LogP contribution >= 0.6 is 12.6 Å². The molecule has 1 fully saturated rings. The molecule has 96 valence electrons. The number of rotatable bonds is 8. The lowest BCUT2D eigenvalue weighted by molar-refractivity contribution is 0.0762.